The van der Waals surface area contributed by atoms with Crippen LogP contribution >= 0.6 is 23.2 Å². The number of anilines is 1. The standard InChI is InChI=1S/C18H14Cl2FN5O2/c1-9-16-11(4-5-26(9)13-7-24-25-17(27)15(13)20)18(23-8-22-16)28-14-3-2-10(21)6-12(14)19/h2-3,6-9H,4-5H2,1H3,(H,25,27). The van der Waals surface area contributed by atoms with Crippen molar-refractivity contribution in [2.24, 2.45) is 0 Å². The minimum absolute atomic E-state index is 0.0777. The van der Waals surface area contributed by atoms with Crippen molar-refractivity contribution >= 4 is 28.9 Å². The number of aromatic amines is 1. The minimum Gasteiger partial charge on any atom is -0.437 e. The highest BCUT2D eigenvalue weighted by Crippen LogP contribution is 2.38. The van der Waals surface area contributed by atoms with Crippen LogP contribution in [0.15, 0.2) is 35.5 Å². The number of nitrogens with one attached hydrogen (secondary N) is 1. The SMILES string of the molecule is CC1c2ncnc(Oc3ccc(F)cc3Cl)c2CCN1c1cn[nH]c(=O)c1Cl. The van der Waals surface area contributed by atoms with Gasteiger partial charge >= 0.3 is 0 Å². The lowest BCUT2D eigenvalue weighted by Gasteiger charge is -2.36. The molecule has 144 valence electrons. The summed E-state index contributed by atoms with van der Waals surface area (Å²) < 4.78 is 19.1. The summed E-state index contributed by atoms with van der Waals surface area (Å²) in [6.07, 6.45) is 3.46. The Morgan fingerprint density at radius 2 is 2.14 bits per heavy atom. The zero-order chi connectivity index (χ0) is 19.8. The fraction of sp³-hybridized carbons (Fsp3) is 0.222. The number of fused-ring (bicyclic) bond motifs is 1. The zero-order valence-electron chi connectivity index (χ0n) is 14.6. The van der Waals surface area contributed by atoms with Gasteiger partial charge in [0.2, 0.25) is 5.88 Å². The fourth-order valence-electron chi connectivity index (χ4n) is 3.23. The third-order valence-corrected chi connectivity index (χ3v) is 5.25. The topological polar surface area (TPSA) is 84.0 Å². The molecule has 4 rings (SSSR count). The van der Waals surface area contributed by atoms with Crippen LogP contribution in [0.5, 0.6) is 11.6 Å². The Bertz CT molecular complexity index is 1110. The number of ether oxygens (including phenoxy) is 1. The van der Waals surface area contributed by atoms with E-state index in [0.29, 0.717) is 30.3 Å². The van der Waals surface area contributed by atoms with E-state index in [1.807, 2.05) is 11.8 Å². The highest BCUT2D eigenvalue weighted by atomic mass is 35.5. The molecule has 1 aromatic carbocycles. The molecule has 0 spiro atoms. The van der Waals surface area contributed by atoms with Crippen molar-refractivity contribution in [1.29, 1.82) is 0 Å². The van der Waals surface area contributed by atoms with Crippen LogP contribution in [-0.2, 0) is 6.42 Å². The van der Waals surface area contributed by atoms with Crippen LogP contribution in [0.2, 0.25) is 10.0 Å². The number of benzene rings is 1. The highest BCUT2D eigenvalue weighted by molar-refractivity contribution is 6.33. The van der Waals surface area contributed by atoms with Gasteiger partial charge in [-0.3, -0.25) is 4.79 Å². The first-order chi connectivity index (χ1) is 13.5. The van der Waals surface area contributed by atoms with Gasteiger partial charge in [-0.05, 0) is 31.5 Å². The summed E-state index contributed by atoms with van der Waals surface area (Å²) in [5.41, 5.74) is 1.65. The van der Waals surface area contributed by atoms with Gasteiger partial charge < -0.3 is 9.64 Å². The summed E-state index contributed by atoms with van der Waals surface area (Å²) in [7, 11) is 0. The van der Waals surface area contributed by atoms with Crippen LogP contribution in [0.4, 0.5) is 10.1 Å². The molecule has 3 aromatic rings. The molecule has 7 nitrogen and oxygen atoms in total. The second-order valence-electron chi connectivity index (χ2n) is 6.24. The Labute approximate surface area is 169 Å². The van der Waals surface area contributed by atoms with Crippen LogP contribution in [0.3, 0.4) is 0 Å². The van der Waals surface area contributed by atoms with Crippen LogP contribution in [0.1, 0.15) is 24.2 Å². The molecule has 0 radical (unpaired) electrons. The Hall–Kier alpha value is -2.71. The summed E-state index contributed by atoms with van der Waals surface area (Å²) in [5, 5.41) is 6.37. The predicted molar refractivity (Wildman–Crippen MR) is 103 cm³/mol. The molecule has 0 saturated carbocycles. The quantitative estimate of drug-likeness (QED) is 0.689. The van der Waals surface area contributed by atoms with Crippen LogP contribution in [-0.4, -0.2) is 26.7 Å². The second kappa shape index (κ2) is 7.37. The van der Waals surface area contributed by atoms with Gasteiger partial charge in [0, 0.05) is 12.1 Å². The van der Waals surface area contributed by atoms with Gasteiger partial charge in [0.25, 0.3) is 5.56 Å². The molecule has 0 saturated heterocycles. The van der Waals surface area contributed by atoms with Gasteiger partial charge in [0.15, 0.2) is 0 Å². The van der Waals surface area contributed by atoms with Crippen molar-refractivity contribution < 1.29 is 9.13 Å². The molecular weight excluding hydrogens is 408 g/mol. The molecule has 0 aliphatic carbocycles. The first-order valence-corrected chi connectivity index (χ1v) is 9.17. The van der Waals surface area contributed by atoms with Gasteiger partial charge in [-0.15, -0.1) is 0 Å². The third-order valence-electron chi connectivity index (χ3n) is 4.59. The summed E-state index contributed by atoms with van der Waals surface area (Å²) in [6, 6.07) is 3.70. The van der Waals surface area contributed by atoms with Gasteiger partial charge in [0.05, 0.1) is 28.6 Å². The van der Waals surface area contributed by atoms with Crippen molar-refractivity contribution in [1.82, 2.24) is 20.2 Å². The molecule has 0 bridgehead atoms. The van der Waals surface area contributed by atoms with Crippen molar-refractivity contribution in [3.63, 3.8) is 0 Å². The molecular formula is C18H14Cl2FN5O2. The van der Waals surface area contributed by atoms with Crippen molar-refractivity contribution in [2.45, 2.75) is 19.4 Å². The minimum atomic E-state index is -0.449. The maximum Gasteiger partial charge on any atom is 0.285 e. The molecule has 1 aliphatic rings. The van der Waals surface area contributed by atoms with Crippen LogP contribution in [0.25, 0.3) is 0 Å². The van der Waals surface area contributed by atoms with E-state index in [-0.39, 0.29) is 16.1 Å². The molecule has 28 heavy (non-hydrogen) atoms. The second-order valence-corrected chi connectivity index (χ2v) is 7.02. The Morgan fingerprint density at radius 3 is 2.93 bits per heavy atom. The Morgan fingerprint density at radius 1 is 1.32 bits per heavy atom. The number of hydrogen-bond acceptors (Lipinski definition) is 6. The van der Waals surface area contributed by atoms with Gasteiger partial charge in [-0.2, -0.15) is 5.10 Å². The molecule has 1 N–H and O–H groups in total. The van der Waals surface area contributed by atoms with E-state index in [4.69, 9.17) is 27.9 Å². The largest absolute Gasteiger partial charge is 0.437 e. The van der Waals surface area contributed by atoms with Crippen LogP contribution in [0, 0.1) is 5.82 Å². The lowest BCUT2D eigenvalue weighted by Crippen LogP contribution is -2.36. The van der Waals surface area contributed by atoms with E-state index in [1.54, 1.807) is 0 Å². The maximum atomic E-state index is 13.3. The van der Waals surface area contributed by atoms with E-state index in [0.717, 1.165) is 11.3 Å². The Kier molecular flexibility index (Phi) is 4.91. The number of halogens is 3. The molecule has 3 heterocycles. The summed E-state index contributed by atoms with van der Waals surface area (Å²) in [5.74, 6) is 0.218. The van der Waals surface area contributed by atoms with Crippen molar-refractivity contribution in [2.75, 3.05) is 11.4 Å². The predicted octanol–water partition coefficient (Wildman–Crippen LogP) is 3.92. The average molecular weight is 422 g/mol. The Balaban J connectivity index is 1.69. The molecule has 0 fully saturated rings. The smallest absolute Gasteiger partial charge is 0.285 e. The van der Waals surface area contributed by atoms with Crippen molar-refractivity contribution in [3.05, 3.63) is 68.2 Å². The molecule has 1 aliphatic heterocycles. The van der Waals surface area contributed by atoms with E-state index in [9.17, 15) is 9.18 Å². The lowest BCUT2D eigenvalue weighted by atomic mass is 9.99. The number of nitrogens with zero attached hydrogens (tertiary/aromatic N) is 4. The normalized spacial score (nSPS) is 16.0. The van der Waals surface area contributed by atoms with E-state index >= 15 is 0 Å². The average Bonchev–Trinajstić information content (AvgIpc) is 2.67. The lowest BCUT2D eigenvalue weighted by molar-refractivity contribution is 0.443. The van der Waals surface area contributed by atoms with E-state index < -0.39 is 11.4 Å². The monoisotopic (exact) mass is 421 g/mol. The van der Waals surface area contributed by atoms with E-state index in [2.05, 4.69) is 20.2 Å². The molecule has 1 atom stereocenters. The van der Waals surface area contributed by atoms with Crippen LogP contribution < -0.4 is 15.2 Å². The third kappa shape index (κ3) is 3.29. The summed E-state index contributed by atoms with van der Waals surface area (Å²) in [6.45, 7) is 2.50. The van der Waals surface area contributed by atoms with Gasteiger partial charge in [0.1, 0.15) is 22.9 Å². The maximum absolute atomic E-state index is 13.3. The van der Waals surface area contributed by atoms with Gasteiger partial charge in [-0.1, -0.05) is 23.2 Å². The van der Waals surface area contributed by atoms with E-state index in [1.165, 1.54) is 30.7 Å². The number of hydrogen-bond donors (Lipinski definition) is 1. The first kappa shape index (κ1) is 18.6. The molecule has 0 amide bonds. The number of H-pyrrole nitrogens is 1. The summed E-state index contributed by atoms with van der Waals surface area (Å²) in [4.78, 5) is 22.3. The number of aromatic nitrogens is 4. The fourth-order valence-corrected chi connectivity index (χ4v) is 3.64. The summed E-state index contributed by atoms with van der Waals surface area (Å²) >= 11 is 12.2. The first-order valence-electron chi connectivity index (χ1n) is 8.42. The molecule has 1 unspecified atom stereocenters. The zero-order valence-corrected chi connectivity index (χ0v) is 16.1. The molecule has 2 aromatic heterocycles. The molecule has 10 heteroatoms. The highest BCUT2D eigenvalue weighted by Gasteiger charge is 2.30. The van der Waals surface area contributed by atoms with Gasteiger partial charge in [-0.25, -0.2) is 19.5 Å². The van der Waals surface area contributed by atoms with Crippen molar-refractivity contribution in [3.8, 4) is 11.6 Å². The number of rotatable bonds is 3.